The van der Waals surface area contributed by atoms with Gasteiger partial charge in [-0.25, -0.2) is 0 Å². The number of ether oxygens (including phenoxy) is 2. The highest BCUT2D eigenvalue weighted by Gasteiger charge is 2.75. The van der Waals surface area contributed by atoms with E-state index in [-0.39, 0.29) is 24.3 Å². The van der Waals surface area contributed by atoms with Gasteiger partial charge >= 0.3 is 5.97 Å². The first-order chi connectivity index (χ1) is 23.7. The standard InChI is InChI=1S/C39H57N3O7/c1-6-9-16-25-41(24-8-3)37(46)35-39-23-22-30(49-39)32(33(39)36(45)42(35)26-17-11-12-18-27-43)38(47)48-34(29-19-14-13-15-20-29)28(4)40(5)31(44)21-10-7-2/h7-8,13-15,19-20,28,30,32-35,43H,2-3,6,9-12,16-18,21-27H2,1,4-5H3/t28-,30+,32-,33-,34+,35+,39-/m0/s1. The number of amides is 3. The van der Waals surface area contributed by atoms with E-state index in [4.69, 9.17) is 9.47 Å². The fraction of sp³-hybridized carbons (Fsp3) is 0.641. The van der Waals surface area contributed by atoms with Crippen molar-refractivity contribution in [1.82, 2.24) is 14.7 Å². The minimum Gasteiger partial charge on any atom is -0.455 e. The summed E-state index contributed by atoms with van der Waals surface area (Å²) in [4.78, 5) is 61.4. The molecule has 0 radical (unpaired) electrons. The van der Waals surface area contributed by atoms with Crippen LogP contribution in [0.2, 0.25) is 0 Å². The first-order valence-corrected chi connectivity index (χ1v) is 18.3. The van der Waals surface area contributed by atoms with Gasteiger partial charge < -0.3 is 29.3 Å². The zero-order chi connectivity index (χ0) is 35.6. The van der Waals surface area contributed by atoms with Gasteiger partial charge in [-0.05, 0) is 51.0 Å². The predicted molar refractivity (Wildman–Crippen MR) is 188 cm³/mol. The number of carbonyl (C=O) groups excluding carboxylic acids is 4. The molecule has 3 amide bonds. The van der Waals surface area contributed by atoms with Crippen molar-refractivity contribution in [2.45, 2.75) is 114 Å². The van der Waals surface area contributed by atoms with Gasteiger partial charge in [-0.15, -0.1) is 13.2 Å². The number of hydrogen-bond acceptors (Lipinski definition) is 7. The molecule has 1 aromatic carbocycles. The Labute approximate surface area is 292 Å². The van der Waals surface area contributed by atoms with Gasteiger partial charge in [-0.2, -0.15) is 0 Å². The Bertz CT molecular complexity index is 1300. The molecule has 7 atom stereocenters. The van der Waals surface area contributed by atoms with Crippen molar-refractivity contribution in [2.24, 2.45) is 11.8 Å². The largest absolute Gasteiger partial charge is 0.455 e. The highest BCUT2D eigenvalue weighted by molar-refractivity contribution is 5.98. The number of hydrogen-bond donors (Lipinski definition) is 1. The van der Waals surface area contributed by atoms with Gasteiger partial charge in [-0.1, -0.05) is 75.1 Å². The van der Waals surface area contributed by atoms with Crippen LogP contribution < -0.4 is 0 Å². The second-order valence-electron chi connectivity index (χ2n) is 13.8. The molecule has 0 saturated carbocycles. The normalized spacial score (nSPS) is 25.1. The molecule has 1 spiro atoms. The van der Waals surface area contributed by atoms with Crippen LogP contribution in [-0.4, -0.2) is 101 Å². The molecule has 3 fully saturated rings. The third kappa shape index (κ3) is 8.28. The summed E-state index contributed by atoms with van der Waals surface area (Å²) < 4.78 is 13.0. The van der Waals surface area contributed by atoms with Crippen molar-refractivity contribution in [3.63, 3.8) is 0 Å². The van der Waals surface area contributed by atoms with Gasteiger partial charge in [0, 0.05) is 39.7 Å². The molecule has 10 nitrogen and oxygen atoms in total. The Morgan fingerprint density at radius 3 is 2.51 bits per heavy atom. The summed E-state index contributed by atoms with van der Waals surface area (Å²) in [5.41, 5.74) is -0.378. The first-order valence-electron chi connectivity index (χ1n) is 18.3. The zero-order valence-corrected chi connectivity index (χ0v) is 29.8. The van der Waals surface area contributed by atoms with E-state index in [2.05, 4.69) is 20.1 Å². The number of carbonyl (C=O) groups is 4. The maximum absolute atomic E-state index is 14.5. The van der Waals surface area contributed by atoms with Crippen LogP contribution in [0.15, 0.2) is 55.6 Å². The van der Waals surface area contributed by atoms with Crippen molar-refractivity contribution in [2.75, 3.05) is 33.3 Å². The molecular weight excluding hydrogens is 622 g/mol. The Hall–Kier alpha value is -3.50. The van der Waals surface area contributed by atoms with E-state index in [1.165, 1.54) is 0 Å². The smallest absolute Gasteiger partial charge is 0.313 e. The van der Waals surface area contributed by atoms with Crippen LogP contribution in [0.1, 0.15) is 96.1 Å². The van der Waals surface area contributed by atoms with E-state index in [0.717, 1.165) is 37.7 Å². The highest BCUT2D eigenvalue weighted by atomic mass is 16.6. The SMILES string of the molecule is C=CCCC(=O)N(C)[C@@H](C)[C@@H](OC(=O)[C@@H]1[C@H]2C(=O)N(CCCCCCO)[C@H](C(=O)N(CC=C)CCCCC)[C@]23CC[C@H]1O3)c1ccccc1. The van der Waals surface area contributed by atoms with E-state index in [1.54, 1.807) is 33.9 Å². The summed E-state index contributed by atoms with van der Waals surface area (Å²) in [6, 6.07) is 8.02. The van der Waals surface area contributed by atoms with Crippen LogP contribution in [0, 0.1) is 11.8 Å². The summed E-state index contributed by atoms with van der Waals surface area (Å²) in [6.45, 7) is 13.0. The van der Waals surface area contributed by atoms with Crippen molar-refractivity contribution in [3.8, 4) is 0 Å². The summed E-state index contributed by atoms with van der Waals surface area (Å²) in [5, 5.41) is 9.25. The fourth-order valence-electron chi connectivity index (χ4n) is 7.98. The number of aliphatic hydroxyl groups excluding tert-OH is 1. The van der Waals surface area contributed by atoms with Crippen molar-refractivity contribution >= 4 is 23.7 Å². The summed E-state index contributed by atoms with van der Waals surface area (Å²) >= 11 is 0. The summed E-state index contributed by atoms with van der Waals surface area (Å²) in [5.74, 6) is -2.74. The van der Waals surface area contributed by atoms with Crippen LogP contribution in [0.4, 0.5) is 0 Å². The molecule has 3 saturated heterocycles. The second-order valence-corrected chi connectivity index (χ2v) is 13.8. The Morgan fingerprint density at radius 2 is 1.84 bits per heavy atom. The van der Waals surface area contributed by atoms with Crippen LogP contribution in [0.25, 0.3) is 0 Å². The van der Waals surface area contributed by atoms with E-state index < -0.39 is 47.7 Å². The van der Waals surface area contributed by atoms with Crippen LogP contribution in [0.3, 0.4) is 0 Å². The summed E-state index contributed by atoms with van der Waals surface area (Å²) in [6.07, 6.45) is 9.80. The summed E-state index contributed by atoms with van der Waals surface area (Å²) in [7, 11) is 1.71. The lowest BCUT2D eigenvalue weighted by Crippen LogP contribution is -2.56. The molecule has 4 rings (SSSR count). The monoisotopic (exact) mass is 679 g/mol. The zero-order valence-electron chi connectivity index (χ0n) is 29.8. The van der Waals surface area contributed by atoms with E-state index in [0.29, 0.717) is 58.2 Å². The van der Waals surface area contributed by atoms with Crippen LogP contribution in [-0.2, 0) is 28.7 Å². The van der Waals surface area contributed by atoms with E-state index in [1.807, 2.05) is 37.3 Å². The number of unbranched alkanes of at least 4 members (excludes halogenated alkanes) is 5. The molecule has 0 aliphatic carbocycles. The minimum atomic E-state index is -1.12. The molecule has 3 heterocycles. The lowest BCUT2D eigenvalue weighted by Gasteiger charge is -2.37. The van der Waals surface area contributed by atoms with Gasteiger partial charge in [0.1, 0.15) is 17.7 Å². The molecular formula is C39H57N3O7. The topological polar surface area (TPSA) is 117 Å². The van der Waals surface area contributed by atoms with Crippen molar-refractivity contribution in [1.29, 1.82) is 0 Å². The average Bonchev–Trinajstić information content (AvgIpc) is 3.75. The van der Waals surface area contributed by atoms with Crippen molar-refractivity contribution in [3.05, 3.63) is 61.2 Å². The number of nitrogens with zero attached hydrogens (tertiary/aromatic N) is 3. The van der Waals surface area contributed by atoms with Gasteiger partial charge in [-0.3, -0.25) is 19.2 Å². The predicted octanol–water partition coefficient (Wildman–Crippen LogP) is 5.22. The van der Waals surface area contributed by atoms with Gasteiger partial charge in [0.25, 0.3) is 0 Å². The van der Waals surface area contributed by atoms with Crippen molar-refractivity contribution < 1.29 is 33.8 Å². The number of fused-ring (bicyclic) bond motifs is 1. The quantitative estimate of drug-likeness (QED) is 0.108. The third-order valence-corrected chi connectivity index (χ3v) is 10.7. The molecule has 1 N–H and O–H groups in total. The molecule has 49 heavy (non-hydrogen) atoms. The minimum absolute atomic E-state index is 0.0865. The van der Waals surface area contributed by atoms with E-state index in [9.17, 15) is 24.3 Å². The average molecular weight is 680 g/mol. The molecule has 270 valence electrons. The molecule has 2 bridgehead atoms. The molecule has 3 aliphatic rings. The Kier molecular flexibility index (Phi) is 14.0. The lowest BCUT2D eigenvalue weighted by atomic mass is 9.70. The number of esters is 1. The number of likely N-dealkylation sites (tertiary alicyclic amines) is 1. The number of benzene rings is 1. The number of allylic oxidation sites excluding steroid dienone is 1. The Balaban J connectivity index is 1.64. The lowest BCUT2D eigenvalue weighted by molar-refractivity contribution is -0.164. The van der Waals surface area contributed by atoms with Gasteiger partial charge in [0.15, 0.2) is 0 Å². The number of aliphatic hydroxyl groups is 1. The van der Waals surface area contributed by atoms with Crippen LogP contribution in [0.5, 0.6) is 0 Å². The number of likely N-dealkylation sites (N-methyl/N-ethyl adjacent to an activating group) is 1. The second kappa shape index (κ2) is 17.9. The highest BCUT2D eigenvalue weighted by Crippen LogP contribution is 2.59. The first kappa shape index (κ1) is 38.3. The third-order valence-electron chi connectivity index (χ3n) is 10.7. The molecule has 0 unspecified atom stereocenters. The molecule has 3 aliphatic heterocycles. The van der Waals surface area contributed by atoms with E-state index >= 15 is 0 Å². The molecule has 0 aromatic heterocycles. The maximum atomic E-state index is 14.5. The van der Waals surface area contributed by atoms with Gasteiger partial charge in [0.2, 0.25) is 17.7 Å². The van der Waals surface area contributed by atoms with Gasteiger partial charge in [0.05, 0.1) is 24.0 Å². The molecule has 1 aromatic rings. The fourth-order valence-corrected chi connectivity index (χ4v) is 7.98. The maximum Gasteiger partial charge on any atom is 0.313 e. The molecule has 10 heteroatoms. The number of rotatable bonds is 21. The Morgan fingerprint density at radius 1 is 1.10 bits per heavy atom. The van der Waals surface area contributed by atoms with Crippen LogP contribution >= 0.6 is 0 Å².